The largest absolute Gasteiger partial charge is 0.444 e. The van der Waals surface area contributed by atoms with E-state index in [2.05, 4.69) is 20.7 Å². The number of nitrogens with zero attached hydrogens (tertiary/aromatic N) is 1. The van der Waals surface area contributed by atoms with Crippen molar-refractivity contribution in [1.29, 1.82) is 0 Å². The van der Waals surface area contributed by atoms with Crippen LogP contribution in [0.5, 0.6) is 0 Å². The van der Waals surface area contributed by atoms with Gasteiger partial charge in [-0.15, -0.1) is 0 Å². The summed E-state index contributed by atoms with van der Waals surface area (Å²) in [6.45, 7) is 2.88. The van der Waals surface area contributed by atoms with Gasteiger partial charge in [0.15, 0.2) is 10.4 Å². The molecule has 1 N–H and O–H groups in total. The van der Waals surface area contributed by atoms with E-state index in [1.165, 1.54) is 0 Å². The minimum absolute atomic E-state index is 0.175. The SMILES string of the molecule is Cc1ccc(S(=O)(=O)NC2CCN(C(=O)c3ccc(Br)o3)CC2)cc1. The van der Waals surface area contributed by atoms with Crippen molar-refractivity contribution in [3.63, 3.8) is 0 Å². The molecule has 1 fully saturated rings. The maximum Gasteiger partial charge on any atom is 0.289 e. The molecule has 0 unspecified atom stereocenters. The van der Waals surface area contributed by atoms with Crippen LogP contribution in [0.2, 0.25) is 0 Å². The first-order chi connectivity index (χ1) is 11.8. The predicted molar refractivity (Wildman–Crippen MR) is 96.8 cm³/mol. The van der Waals surface area contributed by atoms with E-state index in [9.17, 15) is 13.2 Å². The van der Waals surface area contributed by atoms with E-state index in [0.29, 0.717) is 30.6 Å². The number of amides is 1. The van der Waals surface area contributed by atoms with Gasteiger partial charge in [-0.1, -0.05) is 17.7 Å². The van der Waals surface area contributed by atoms with Gasteiger partial charge in [-0.2, -0.15) is 0 Å². The lowest BCUT2D eigenvalue weighted by atomic mass is 10.1. The number of furan rings is 1. The average molecular weight is 427 g/mol. The van der Waals surface area contributed by atoms with Gasteiger partial charge in [-0.3, -0.25) is 4.79 Å². The van der Waals surface area contributed by atoms with E-state index in [-0.39, 0.29) is 22.6 Å². The molecule has 8 heteroatoms. The van der Waals surface area contributed by atoms with Crippen LogP contribution in [0.4, 0.5) is 0 Å². The standard InChI is InChI=1S/C17H19BrN2O4S/c1-12-2-4-14(5-3-12)25(22,23)19-13-8-10-20(11-9-13)17(21)15-6-7-16(18)24-15/h2-7,13,19H,8-11H2,1H3. The minimum atomic E-state index is -3.54. The lowest BCUT2D eigenvalue weighted by Crippen LogP contribution is -2.46. The molecule has 1 amide bonds. The van der Waals surface area contributed by atoms with Crippen LogP contribution in [-0.4, -0.2) is 38.4 Å². The molecule has 2 heterocycles. The summed E-state index contributed by atoms with van der Waals surface area (Å²) in [6, 6.07) is 9.87. The number of likely N-dealkylation sites (tertiary alicyclic amines) is 1. The smallest absolute Gasteiger partial charge is 0.289 e. The van der Waals surface area contributed by atoms with Gasteiger partial charge in [0.1, 0.15) is 0 Å². The summed E-state index contributed by atoms with van der Waals surface area (Å²) in [7, 11) is -3.54. The number of aryl methyl sites for hydroxylation is 1. The van der Waals surface area contributed by atoms with Gasteiger partial charge in [-0.25, -0.2) is 13.1 Å². The van der Waals surface area contributed by atoms with Gasteiger partial charge in [0, 0.05) is 19.1 Å². The summed E-state index contributed by atoms with van der Waals surface area (Å²) in [4.78, 5) is 14.3. The first kappa shape index (κ1) is 18.2. The Morgan fingerprint density at radius 3 is 2.36 bits per heavy atom. The molecule has 1 saturated heterocycles. The third kappa shape index (κ3) is 4.31. The van der Waals surface area contributed by atoms with Gasteiger partial charge >= 0.3 is 0 Å². The van der Waals surface area contributed by atoms with Crippen molar-refractivity contribution >= 4 is 31.9 Å². The Balaban J connectivity index is 1.59. The monoisotopic (exact) mass is 426 g/mol. The number of hydrogen-bond donors (Lipinski definition) is 1. The second kappa shape index (κ2) is 7.31. The van der Waals surface area contributed by atoms with Gasteiger partial charge in [0.25, 0.3) is 5.91 Å². The first-order valence-corrected chi connectivity index (χ1v) is 10.3. The van der Waals surface area contributed by atoms with Crippen LogP contribution in [0.1, 0.15) is 29.0 Å². The Morgan fingerprint density at radius 1 is 1.16 bits per heavy atom. The fraction of sp³-hybridized carbons (Fsp3) is 0.353. The molecular weight excluding hydrogens is 408 g/mol. The third-order valence-electron chi connectivity index (χ3n) is 4.22. The van der Waals surface area contributed by atoms with Crippen molar-refractivity contribution in [2.24, 2.45) is 0 Å². The lowest BCUT2D eigenvalue weighted by Gasteiger charge is -2.31. The van der Waals surface area contributed by atoms with Crippen LogP contribution in [0.3, 0.4) is 0 Å². The number of carbonyl (C=O) groups excluding carboxylic acids is 1. The van der Waals surface area contributed by atoms with Crippen LogP contribution in [0, 0.1) is 6.92 Å². The molecule has 2 aromatic rings. The number of sulfonamides is 1. The highest BCUT2D eigenvalue weighted by Crippen LogP contribution is 2.20. The third-order valence-corrected chi connectivity index (χ3v) is 6.18. The quantitative estimate of drug-likeness (QED) is 0.814. The zero-order chi connectivity index (χ0) is 18.0. The summed E-state index contributed by atoms with van der Waals surface area (Å²) >= 11 is 3.18. The van der Waals surface area contributed by atoms with Gasteiger partial charge < -0.3 is 9.32 Å². The second-order valence-corrected chi connectivity index (χ2v) is 8.60. The van der Waals surface area contributed by atoms with Crippen molar-refractivity contribution in [2.75, 3.05) is 13.1 Å². The van der Waals surface area contributed by atoms with Gasteiger partial charge in [0.05, 0.1) is 4.90 Å². The molecule has 0 bridgehead atoms. The molecule has 0 aliphatic carbocycles. The molecule has 25 heavy (non-hydrogen) atoms. The predicted octanol–water partition coefficient (Wildman–Crippen LogP) is 2.93. The number of piperidine rings is 1. The molecule has 0 saturated carbocycles. The Bertz CT molecular complexity index is 853. The summed E-state index contributed by atoms with van der Waals surface area (Å²) in [6.07, 6.45) is 1.14. The highest BCUT2D eigenvalue weighted by molar-refractivity contribution is 9.10. The van der Waals surface area contributed by atoms with E-state index in [1.807, 2.05) is 6.92 Å². The van der Waals surface area contributed by atoms with Crippen molar-refractivity contribution in [3.8, 4) is 0 Å². The summed E-state index contributed by atoms with van der Waals surface area (Å²) in [5, 5.41) is 0. The van der Waals surface area contributed by atoms with E-state index < -0.39 is 10.0 Å². The number of carbonyl (C=O) groups is 1. The van der Waals surface area contributed by atoms with Crippen LogP contribution >= 0.6 is 15.9 Å². The second-order valence-electron chi connectivity index (χ2n) is 6.10. The van der Waals surface area contributed by atoms with Gasteiger partial charge in [0.2, 0.25) is 10.0 Å². The molecule has 3 rings (SSSR count). The number of rotatable bonds is 4. The van der Waals surface area contributed by atoms with Crippen LogP contribution < -0.4 is 4.72 Å². The van der Waals surface area contributed by atoms with E-state index >= 15 is 0 Å². The highest BCUT2D eigenvalue weighted by atomic mass is 79.9. The number of benzene rings is 1. The Kier molecular flexibility index (Phi) is 5.31. The topological polar surface area (TPSA) is 79.6 Å². The Hall–Kier alpha value is -1.64. The Labute approximate surface area is 155 Å². The molecule has 0 atom stereocenters. The molecule has 1 aromatic carbocycles. The van der Waals surface area contributed by atoms with Crippen LogP contribution in [0.25, 0.3) is 0 Å². The summed E-state index contributed by atoms with van der Waals surface area (Å²) in [5.41, 5.74) is 1.01. The highest BCUT2D eigenvalue weighted by Gasteiger charge is 2.28. The number of halogens is 1. The van der Waals surface area contributed by atoms with E-state index in [0.717, 1.165) is 5.56 Å². The minimum Gasteiger partial charge on any atom is -0.444 e. The first-order valence-electron chi connectivity index (χ1n) is 7.99. The molecule has 134 valence electrons. The molecule has 0 radical (unpaired) electrons. The van der Waals surface area contributed by atoms with Crippen molar-refractivity contribution in [1.82, 2.24) is 9.62 Å². The van der Waals surface area contributed by atoms with E-state index in [1.54, 1.807) is 41.3 Å². The molecular formula is C17H19BrN2O4S. The Morgan fingerprint density at radius 2 is 1.80 bits per heavy atom. The summed E-state index contributed by atoms with van der Waals surface area (Å²) < 4.78 is 33.4. The molecule has 6 nitrogen and oxygen atoms in total. The van der Waals surface area contributed by atoms with Crippen molar-refractivity contribution in [2.45, 2.75) is 30.7 Å². The fourth-order valence-electron chi connectivity index (χ4n) is 2.79. The number of nitrogens with one attached hydrogen (secondary N) is 1. The number of hydrogen-bond acceptors (Lipinski definition) is 4. The van der Waals surface area contributed by atoms with Crippen LogP contribution in [0.15, 0.2) is 50.4 Å². The molecule has 0 spiro atoms. The van der Waals surface area contributed by atoms with Crippen molar-refractivity contribution in [3.05, 3.63) is 52.4 Å². The fourth-order valence-corrected chi connectivity index (χ4v) is 4.40. The molecule has 1 aliphatic rings. The summed E-state index contributed by atoms with van der Waals surface area (Å²) in [5.74, 6) is 0.108. The lowest BCUT2D eigenvalue weighted by molar-refractivity contribution is 0.0677. The maximum absolute atomic E-state index is 12.4. The molecule has 1 aliphatic heterocycles. The molecule has 1 aromatic heterocycles. The average Bonchev–Trinajstić information content (AvgIpc) is 3.01. The maximum atomic E-state index is 12.4. The van der Waals surface area contributed by atoms with Crippen LogP contribution in [-0.2, 0) is 10.0 Å². The zero-order valence-corrected chi connectivity index (χ0v) is 16.1. The van der Waals surface area contributed by atoms with Crippen molar-refractivity contribution < 1.29 is 17.6 Å². The van der Waals surface area contributed by atoms with E-state index in [4.69, 9.17) is 4.42 Å². The zero-order valence-electron chi connectivity index (χ0n) is 13.7. The normalized spacial score (nSPS) is 16.2. The van der Waals surface area contributed by atoms with Gasteiger partial charge in [-0.05, 0) is 60.0 Å².